The first-order valence-corrected chi connectivity index (χ1v) is 38.2. The quantitative estimate of drug-likeness (QED) is 0.0229. The Morgan fingerprint density at radius 1 is 0.265 bits per heavy atom. The molecule has 0 spiro atoms. The Balaban J connectivity index is 1.08. The summed E-state index contributed by atoms with van der Waals surface area (Å²) in [6.45, 7) is 0. The van der Waals surface area contributed by atoms with E-state index < -0.39 is 236 Å². The summed E-state index contributed by atoms with van der Waals surface area (Å²) in [7, 11) is -48.9. The molecule has 0 aliphatic heterocycles. The van der Waals surface area contributed by atoms with Gasteiger partial charge >= 0.3 is 0 Å². The van der Waals surface area contributed by atoms with Gasteiger partial charge in [0.25, 0.3) is 91.1 Å². The van der Waals surface area contributed by atoms with Gasteiger partial charge in [0.05, 0.1) is 37.9 Å². The molecular formula is C50H33N9O30S9. The maximum atomic E-state index is 12.9. The van der Waals surface area contributed by atoms with Gasteiger partial charge in [-0.15, -0.1) is 30.7 Å². The molecule has 0 saturated carbocycles. The number of nitrogens with zero attached hydrogens (tertiary/aromatic N) is 8. The third-order valence-corrected chi connectivity index (χ3v) is 21.7. The average Bonchev–Trinajstić information content (AvgIpc) is 0.756. The van der Waals surface area contributed by atoms with Crippen molar-refractivity contribution in [3.63, 3.8) is 0 Å². The lowest BCUT2D eigenvalue weighted by atomic mass is 10.0. The maximum absolute atomic E-state index is 12.9. The van der Waals surface area contributed by atoms with Gasteiger partial charge in [0.2, 0.25) is 0 Å². The number of anilines is 1. The highest BCUT2D eigenvalue weighted by Crippen LogP contribution is 2.51. The summed E-state index contributed by atoms with van der Waals surface area (Å²) in [5, 5.41) is 58.7. The molecule has 10 aromatic carbocycles. The molecule has 512 valence electrons. The van der Waals surface area contributed by atoms with Crippen molar-refractivity contribution in [1.82, 2.24) is 0 Å². The van der Waals surface area contributed by atoms with Crippen LogP contribution in [0.15, 0.2) is 200 Å². The minimum Gasteiger partial charge on any atom is -0.505 e. The van der Waals surface area contributed by atoms with Crippen LogP contribution in [0.2, 0.25) is 0 Å². The Kier molecular flexibility index (Phi) is 17.5. The lowest BCUT2D eigenvalue weighted by Gasteiger charge is -2.14. The van der Waals surface area contributed by atoms with Crippen molar-refractivity contribution in [3.8, 4) is 17.2 Å². The molecule has 0 amide bonds. The number of hydrogen-bond donors (Lipinski definition) is 13. The largest absolute Gasteiger partial charge is 0.505 e. The van der Waals surface area contributed by atoms with Crippen LogP contribution >= 0.6 is 0 Å². The van der Waals surface area contributed by atoms with Gasteiger partial charge in [-0.05, 0) is 113 Å². The Morgan fingerprint density at radius 2 is 0.694 bits per heavy atom. The van der Waals surface area contributed by atoms with E-state index in [0.717, 1.165) is 60.7 Å². The molecule has 0 bridgehead atoms. The second kappa shape index (κ2) is 24.1. The van der Waals surface area contributed by atoms with Crippen molar-refractivity contribution in [2.45, 2.75) is 44.1 Å². The number of azo groups is 4. The molecule has 0 unspecified atom stereocenters. The maximum Gasteiger partial charge on any atom is 0.296 e. The van der Waals surface area contributed by atoms with E-state index in [1.807, 2.05) is 0 Å². The third kappa shape index (κ3) is 13.8. The Bertz CT molecular complexity index is 6560. The second-order valence-corrected chi connectivity index (χ2v) is 32.6. The van der Waals surface area contributed by atoms with Crippen LogP contribution in [-0.2, 0) is 91.1 Å². The number of phenolic OH excluding ortho intramolecular Hbond substituents is 3. The number of nitrogens with two attached hydrogens (primary N) is 1. The summed E-state index contributed by atoms with van der Waals surface area (Å²) in [4.78, 5) is -11.0. The summed E-state index contributed by atoms with van der Waals surface area (Å²) < 4.78 is 317. The van der Waals surface area contributed by atoms with Crippen LogP contribution in [0.4, 0.5) is 51.2 Å². The van der Waals surface area contributed by atoms with E-state index in [0.29, 0.717) is 48.5 Å². The molecule has 0 aliphatic carbocycles. The van der Waals surface area contributed by atoms with E-state index in [1.165, 1.54) is 0 Å². The van der Waals surface area contributed by atoms with E-state index in [4.69, 9.17) is 5.73 Å². The first-order valence-electron chi connectivity index (χ1n) is 25.3. The van der Waals surface area contributed by atoms with Crippen LogP contribution in [-0.4, -0.2) is 132 Å². The van der Waals surface area contributed by atoms with E-state index in [-0.39, 0.29) is 27.6 Å². The van der Waals surface area contributed by atoms with Gasteiger partial charge < -0.3 is 21.1 Å². The normalized spacial score (nSPS) is 13.7. The molecule has 0 heterocycles. The molecule has 48 heteroatoms. The summed E-state index contributed by atoms with van der Waals surface area (Å²) in [6, 6.07) is 14.0. The molecule has 0 radical (unpaired) electrons. The van der Waals surface area contributed by atoms with Crippen LogP contribution < -0.4 is 5.73 Å². The van der Waals surface area contributed by atoms with Crippen molar-refractivity contribution < 1.29 is 132 Å². The van der Waals surface area contributed by atoms with Gasteiger partial charge in [0.1, 0.15) is 62.7 Å². The van der Waals surface area contributed by atoms with Crippen LogP contribution in [0.3, 0.4) is 0 Å². The number of nitrogen functional groups attached to an aromatic ring is 1. The third-order valence-electron chi connectivity index (χ3n) is 13.9. The smallest absolute Gasteiger partial charge is 0.296 e. The molecule has 98 heavy (non-hydrogen) atoms. The van der Waals surface area contributed by atoms with E-state index in [9.17, 15) is 132 Å². The van der Waals surface area contributed by atoms with Gasteiger partial charge in [-0.25, -0.2) is 0 Å². The van der Waals surface area contributed by atoms with Gasteiger partial charge in [-0.3, -0.25) is 41.0 Å². The van der Waals surface area contributed by atoms with Crippen LogP contribution in [0.1, 0.15) is 0 Å². The zero-order valence-electron chi connectivity index (χ0n) is 47.0. The lowest BCUT2D eigenvalue weighted by Crippen LogP contribution is -2.05. The van der Waals surface area contributed by atoms with Gasteiger partial charge in [-0.1, -0.05) is 24.3 Å². The van der Waals surface area contributed by atoms with Crippen LogP contribution in [0.25, 0.3) is 53.9 Å². The predicted octanol–water partition coefficient (Wildman–Crippen LogP) is 9.03. The molecule has 10 rings (SSSR count). The van der Waals surface area contributed by atoms with E-state index in [1.54, 1.807) is 0 Å². The average molecular weight is 1530 g/mol. The van der Waals surface area contributed by atoms with Crippen molar-refractivity contribution in [2.75, 3.05) is 5.73 Å². The first kappa shape index (κ1) is 71.1. The van der Waals surface area contributed by atoms with Crippen molar-refractivity contribution in [3.05, 3.63) is 115 Å². The fraction of sp³-hybridized carbons (Fsp3) is 0. The molecule has 10 aromatic rings. The highest BCUT2D eigenvalue weighted by molar-refractivity contribution is 7.88. The zero-order valence-corrected chi connectivity index (χ0v) is 54.4. The second-order valence-electron chi connectivity index (χ2n) is 20.1. The van der Waals surface area contributed by atoms with Crippen LogP contribution in [0.5, 0.6) is 17.2 Å². The molecule has 0 aliphatic rings. The van der Waals surface area contributed by atoms with Gasteiger partial charge in [0, 0.05) is 26.9 Å². The Labute approximate surface area is 547 Å². The van der Waals surface area contributed by atoms with Crippen molar-refractivity contribution >= 4 is 196 Å². The minimum atomic E-state index is -5.59. The fourth-order valence-corrected chi connectivity index (χ4v) is 15.6. The predicted molar refractivity (Wildman–Crippen MR) is 334 cm³/mol. The van der Waals surface area contributed by atoms with Crippen molar-refractivity contribution in [1.29, 1.82) is 0 Å². The van der Waals surface area contributed by atoms with E-state index in [2.05, 4.69) is 40.9 Å². The minimum absolute atomic E-state index is 0.238. The zero-order chi connectivity index (χ0) is 72.5. The number of rotatable bonds is 17. The molecule has 39 nitrogen and oxygen atoms in total. The highest BCUT2D eigenvalue weighted by Gasteiger charge is 2.32. The summed E-state index contributed by atoms with van der Waals surface area (Å²) in [6.07, 6.45) is 0. The van der Waals surface area contributed by atoms with Gasteiger partial charge in [0.15, 0.2) is 17.2 Å². The number of hydrogen-bond acceptors (Lipinski definition) is 30. The standard InChI is InChI=1S/C50H33N9O30S9/c51-42-41-23(15-39(98(87,88)89)47(50(41)62)57-52-24-6-7-28-22(10-24)13-38(97(84,85)86)45(48(28)60)58-54-32-18-26(90(63,64)65)11-21-2-1-3-33(40(21)32)92(69,70)71)14-36(95(78,79)80)44(42)56-53-25-5-4-20-12-37(96(81,82)83)46(49(61)30(20)16-25)59-55-43-31-17-27(91(66,67)68)19-35(94(75,76)77)29(31)8-9-34(43)93(72,73)74/h1-19,60-62H,51H2,(H,63,64,65)(H,66,67,68)(H,69,70,71)(H,72,73,74)(H,75,76,77)(H,78,79,80)(H,81,82,83)(H,84,85,86)(H,87,88,89). The molecule has 0 atom stereocenters. The fourth-order valence-electron chi connectivity index (χ4n) is 9.70. The summed E-state index contributed by atoms with van der Waals surface area (Å²) in [5.41, 5.74) is -2.27. The molecule has 14 N–H and O–H groups in total. The van der Waals surface area contributed by atoms with Crippen molar-refractivity contribution in [2.24, 2.45) is 40.9 Å². The summed E-state index contributed by atoms with van der Waals surface area (Å²) >= 11 is 0. The van der Waals surface area contributed by atoms with E-state index >= 15 is 0 Å². The monoisotopic (exact) mass is 1530 g/mol. The molecule has 0 fully saturated rings. The SMILES string of the molecule is Nc1c(N=Nc2ccc3cc(S(=O)(=O)O)c(N=Nc4c(S(=O)(=O)O)ccc5c(S(=O)(=O)O)cc(S(=O)(=O)O)cc45)c(O)c3c2)c(S(=O)(=O)O)cc2cc(S(=O)(=O)O)c(N=Nc3ccc4c(O)c(N=Nc5cc(S(=O)(=O)O)cc6cccc(S(=O)(=O)O)c56)c(S(=O)(=O)O)cc4c3)c(O)c12. The Morgan fingerprint density at radius 3 is 1.23 bits per heavy atom. The number of fused-ring (bicyclic) bond motifs is 5. The molecule has 0 saturated heterocycles. The summed E-state index contributed by atoms with van der Waals surface area (Å²) in [5.74, 6) is -3.78. The first-order chi connectivity index (χ1) is 44.9. The van der Waals surface area contributed by atoms with Gasteiger partial charge in [-0.2, -0.15) is 86.0 Å². The topological polar surface area (TPSA) is 675 Å². The lowest BCUT2D eigenvalue weighted by molar-refractivity contribution is 0.471. The Hall–Kier alpha value is -9.71. The number of phenols is 3. The van der Waals surface area contributed by atoms with Crippen LogP contribution in [0, 0.1) is 0 Å². The molecular weight excluding hydrogens is 1500 g/mol. The number of benzene rings is 10. The number of aromatic hydroxyl groups is 3. The highest BCUT2D eigenvalue weighted by atomic mass is 32.3. The molecule has 0 aromatic heterocycles.